The summed E-state index contributed by atoms with van der Waals surface area (Å²) in [5, 5.41) is 13.7. The quantitative estimate of drug-likeness (QED) is 0.434. The fraction of sp³-hybridized carbons (Fsp3) is 0.273. The standard InChI is InChI=1S/C22H25N7O/c1-2-24-22(25-12-16-7-9-18(10-8-16)29-15-23-14-27-29)26-13-17-11-21(30)28-20-6-4-3-5-19(17)20/h3-10,14-15,17H,2,11-13H2,1H3,(H,28,30)(H2,24,25,26). The second-order valence-electron chi connectivity index (χ2n) is 7.12. The van der Waals surface area contributed by atoms with Gasteiger partial charge in [-0.3, -0.25) is 4.79 Å². The Kier molecular flexibility index (Phi) is 6.03. The van der Waals surface area contributed by atoms with E-state index in [1.54, 1.807) is 11.0 Å². The Bertz CT molecular complexity index is 1010. The van der Waals surface area contributed by atoms with Gasteiger partial charge in [0.1, 0.15) is 12.7 Å². The molecule has 1 unspecified atom stereocenters. The predicted molar refractivity (Wildman–Crippen MR) is 117 cm³/mol. The second kappa shape index (κ2) is 9.21. The van der Waals surface area contributed by atoms with Crippen LogP contribution in [0.2, 0.25) is 0 Å². The van der Waals surface area contributed by atoms with Crippen molar-refractivity contribution in [1.82, 2.24) is 25.4 Å². The van der Waals surface area contributed by atoms with E-state index in [4.69, 9.17) is 4.99 Å². The highest BCUT2D eigenvalue weighted by Gasteiger charge is 2.24. The average molecular weight is 403 g/mol. The number of aliphatic imine (C=N–C) groups is 1. The molecule has 1 aliphatic heterocycles. The van der Waals surface area contributed by atoms with Crippen molar-refractivity contribution in [2.45, 2.75) is 25.8 Å². The van der Waals surface area contributed by atoms with Gasteiger partial charge in [-0.2, -0.15) is 5.10 Å². The number of fused-ring (bicyclic) bond motifs is 1. The molecule has 3 N–H and O–H groups in total. The van der Waals surface area contributed by atoms with Gasteiger partial charge in [0.2, 0.25) is 5.91 Å². The molecule has 4 rings (SSSR count). The minimum Gasteiger partial charge on any atom is -0.357 e. The zero-order valence-electron chi connectivity index (χ0n) is 16.9. The van der Waals surface area contributed by atoms with E-state index in [0.29, 0.717) is 19.5 Å². The van der Waals surface area contributed by atoms with Crippen LogP contribution in [0.1, 0.15) is 30.4 Å². The van der Waals surface area contributed by atoms with Crippen molar-refractivity contribution in [3.05, 3.63) is 72.3 Å². The number of rotatable bonds is 6. The number of benzene rings is 2. The number of hydrogen-bond donors (Lipinski definition) is 3. The molecule has 1 atom stereocenters. The number of carbonyl (C=O) groups is 1. The zero-order chi connectivity index (χ0) is 20.8. The molecule has 2 heterocycles. The summed E-state index contributed by atoms with van der Waals surface area (Å²) in [5.41, 5.74) is 4.11. The van der Waals surface area contributed by atoms with E-state index in [9.17, 15) is 4.79 Å². The molecule has 1 aliphatic rings. The number of anilines is 1. The topological polar surface area (TPSA) is 96.2 Å². The van der Waals surface area contributed by atoms with Gasteiger partial charge in [-0.05, 0) is 36.2 Å². The van der Waals surface area contributed by atoms with Gasteiger partial charge in [0, 0.05) is 31.1 Å². The number of nitrogens with one attached hydrogen (secondary N) is 3. The molecule has 0 spiro atoms. The molecule has 0 saturated heterocycles. The largest absolute Gasteiger partial charge is 0.357 e. The van der Waals surface area contributed by atoms with Crippen molar-refractivity contribution in [3.63, 3.8) is 0 Å². The lowest BCUT2D eigenvalue weighted by Gasteiger charge is -2.26. The summed E-state index contributed by atoms with van der Waals surface area (Å²) in [5.74, 6) is 0.900. The molecule has 0 bridgehead atoms. The van der Waals surface area contributed by atoms with Crippen molar-refractivity contribution in [2.24, 2.45) is 4.99 Å². The van der Waals surface area contributed by atoms with Crippen molar-refractivity contribution in [2.75, 3.05) is 18.4 Å². The summed E-state index contributed by atoms with van der Waals surface area (Å²) in [4.78, 5) is 20.7. The maximum absolute atomic E-state index is 12.0. The molecule has 1 aromatic heterocycles. The van der Waals surface area contributed by atoms with Gasteiger partial charge in [0.25, 0.3) is 0 Å². The number of aromatic nitrogens is 3. The molecule has 3 aromatic rings. The molecule has 0 radical (unpaired) electrons. The molecule has 0 saturated carbocycles. The van der Waals surface area contributed by atoms with E-state index in [1.807, 2.05) is 49.4 Å². The monoisotopic (exact) mass is 403 g/mol. The summed E-state index contributed by atoms with van der Waals surface area (Å²) < 4.78 is 1.72. The summed E-state index contributed by atoms with van der Waals surface area (Å²) in [6, 6.07) is 16.0. The van der Waals surface area contributed by atoms with Crippen LogP contribution in [-0.4, -0.2) is 39.7 Å². The number of para-hydroxylation sites is 1. The highest BCUT2D eigenvalue weighted by Crippen LogP contribution is 2.31. The molecule has 8 nitrogen and oxygen atoms in total. The van der Waals surface area contributed by atoms with Crippen LogP contribution in [0.5, 0.6) is 0 Å². The molecular formula is C22H25N7O. The summed E-state index contributed by atoms with van der Waals surface area (Å²) in [7, 11) is 0. The third-order valence-electron chi connectivity index (χ3n) is 5.01. The van der Waals surface area contributed by atoms with E-state index in [1.165, 1.54) is 6.33 Å². The Labute approximate surface area is 175 Å². The molecule has 2 aromatic carbocycles. The van der Waals surface area contributed by atoms with Crippen LogP contribution in [0.3, 0.4) is 0 Å². The van der Waals surface area contributed by atoms with Gasteiger partial charge in [0.15, 0.2) is 5.96 Å². The van der Waals surface area contributed by atoms with Crippen LogP contribution in [0.4, 0.5) is 5.69 Å². The van der Waals surface area contributed by atoms with Gasteiger partial charge in [-0.15, -0.1) is 0 Å². The lowest BCUT2D eigenvalue weighted by molar-refractivity contribution is -0.116. The van der Waals surface area contributed by atoms with Crippen LogP contribution < -0.4 is 16.0 Å². The smallest absolute Gasteiger partial charge is 0.225 e. The lowest BCUT2D eigenvalue weighted by atomic mass is 9.90. The number of nitrogens with zero attached hydrogens (tertiary/aromatic N) is 4. The Morgan fingerprint density at radius 3 is 2.80 bits per heavy atom. The molecule has 0 fully saturated rings. The minimum atomic E-state index is 0.0508. The van der Waals surface area contributed by atoms with Crippen LogP contribution in [0.15, 0.2) is 66.2 Å². The van der Waals surface area contributed by atoms with Crippen LogP contribution in [0, 0.1) is 0 Å². The Hall–Kier alpha value is -3.68. The lowest BCUT2D eigenvalue weighted by Crippen LogP contribution is -2.40. The summed E-state index contributed by atoms with van der Waals surface area (Å²) >= 11 is 0. The molecule has 8 heteroatoms. The van der Waals surface area contributed by atoms with Crippen LogP contribution >= 0.6 is 0 Å². The summed E-state index contributed by atoms with van der Waals surface area (Å²) in [6.45, 7) is 3.99. The molecular weight excluding hydrogens is 378 g/mol. The summed E-state index contributed by atoms with van der Waals surface area (Å²) in [6.07, 6.45) is 3.65. The highest BCUT2D eigenvalue weighted by molar-refractivity contribution is 5.94. The Morgan fingerprint density at radius 2 is 2.03 bits per heavy atom. The SMILES string of the molecule is CCNC(=NCc1ccc(-n2cncn2)cc1)NCC1CC(=O)Nc2ccccc21. The van der Waals surface area contributed by atoms with Crippen LogP contribution in [-0.2, 0) is 11.3 Å². The van der Waals surface area contributed by atoms with Gasteiger partial charge in [0.05, 0.1) is 12.2 Å². The van der Waals surface area contributed by atoms with E-state index in [2.05, 4.69) is 32.1 Å². The first-order chi connectivity index (χ1) is 14.7. The maximum Gasteiger partial charge on any atom is 0.225 e. The van der Waals surface area contributed by atoms with Gasteiger partial charge in [-0.25, -0.2) is 14.7 Å². The van der Waals surface area contributed by atoms with Crippen molar-refractivity contribution in [1.29, 1.82) is 0 Å². The van der Waals surface area contributed by atoms with Crippen molar-refractivity contribution >= 4 is 17.6 Å². The fourth-order valence-electron chi connectivity index (χ4n) is 3.51. The van der Waals surface area contributed by atoms with Gasteiger partial charge >= 0.3 is 0 Å². The van der Waals surface area contributed by atoms with Crippen LogP contribution in [0.25, 0.3) is 5.69 Å². The number of guanidine groups is 1. The van der Waals surface area contributed by atoms with Crippen molar-refractivity contribution < 1.29 is 4.79 Å². The Balaban J connectivity index is 1.40. The predicted octanol–water partition coefficient (Wildman–Crippen LogP) is 2.45. The maximum atomic E-state index is 12.0. The molecule has 30 heavy (non-hydrogen) atoms. The third-order valence-corrected chi connectivity index (χ3v) is 5.01. The van der Waals surface area contributed by atoms with Gasteiger partial charge in [-0.1, -0.05) is 30.3 Å². The number of carbonyl (C=O) groups excluding carboxylic acids is 1. The number of amides is 1. The minimum absolute atomic E-state index is 0.0508. The Morgan fingerprint density at radius 1 is 1.20 bits per heavy atom. The molecule has 1 amide bonds. The second-order valence-corrected chi connectivity index (χ2v) is 7.12. The van der Waals surface area contributed by atoms with E-state index < -0.39 is 0 Å². The fourth-order valence-corrected chi connectivity index (χ4v) is 3.51. The van der Waals surface area contributed by atoms with Crippen molar-refractivity contribution in [3.8, 4) is 5.69 Å². The van der Waals surface area contributed by atoms with Gasteiger partial charge < -0.3 is 16.0 Å². The van der Waals surface area contributed by atoms with E-state index in [0.717, 1.165) is 35.0 Å². The third kappa shape index (κ3) is 4.65. The first kappa shape index (κ1) is 19.6. The zero-order valence-corrected chi connectivity index (χ0v) is 16.9. The highest BCUT2D eigenvalue weighted by atomic mass is 16.1. The number of hydrogen-bond acceptors (Lipinski definition) is 4. The van der Waals surface area contributed by atoms with E-state index >= 15 is 0 Å². The normalized spacial score (nSPS) is 16.0. The first-order valence-electron chi connectivity index (χ1n) is 10.1. The van der Waals surface area contributed by atoms with E-state index in [-0.39, 0.29) is 11.8 Å². The molecule has 154 valence electrons. The molecule has 0 aliphatic carbocycles. The average Bonchev–Trinajstić information content (AvgIpc) is 3.31. The first-order valence-corrected chi connectivity index (χ1v) is 10.1.